The lowest BCUT2D eigenvalue weighted by atomic mass is 10.1. The fourth-order valence-electron chi connectivity index (χ4n) is 1.99. The third-order valence-corrected chi connectivity index (χ3v) is 3.42. The zero-order chi connectivity index (χ0) is 12.1. The largest absolute Gasteiger partial charge is 0.508 e. The molecule has 0 unspecified atom stereocenters. The molecule has 2 nitrogen and oxygen atoms in total. The second-order valence-electron chi connectivity index (χ2n) is 4.12. The minimum absolute atomic E-state index is 0.283. The number of hydrogen-bond donors (Lipinski definition) is 1. The minimum Gasteiger partial charge on any atom is -0.508 e. The van der Waals surface area contributed by atoms with E-state index in [0.717, 1.165) is 18.4 Å². The van der Waals surface area contributed by atoms with Crippen LogP contribution in [0.15, 0.2) is 18.2 Å². The molecule has 0 amide bonds. The van der Waals surface area contributed by atoms with Crippen molar-refractivity contribution in [1.29, 1.82) is 0 Å². The number of aromatic hydroxyl groups is 1. The van der Waals surface area contributed by atoms with Crippen LogP contribution >= 0.6 is 11.6 Å². The van der Waals surface area contributed by atoms with Crippen LogP contribution in [0.25, 0.3) is 0 Å². The van der Waals surface area contributed by atoms with E-state index >= 15 is 0 Å². The number of phenolic OH excluding ortho intramolecular Hbond substituents is 1. The third-order valence-electron chi connectivity index (χ3n) is 3.07. The van der Waals surface area contributed by atoms with Crippen LogP contribution in [0.3, 0.4) is 0 Å². The van der Waals surface area contributed by atoms with Crippen LogP contribution in [0, 0.1) is 0 Å². The van der Waals surface area contributed by atoms with E-state index in [-0.39, 0.29) is 5.75 Å². The van der Waals surface area contributed by atoms with Gasteiger partial charge in [-0.2, -0.15) is 0 Å². The van der Waals surface area contributed by atoms with Crippen LogP contribution in [0.4, 0.5) is 0 Å². The summed E-state index contributed by atoms with van der Waals surface area (Å²) in [5, 5.41) is 10.4. The Morgan fingerprint density at radius 1 is 1.31 bits per heavy atom. The maximum atomic E-state index is 9.76. The molecule has 0 aliphatic heterocycles. The van der Waals surface area contributed by atoms with Crippen molar-refractivity contribution in [3.63, 3.8) is 0 Å². The van der Waals surface area contributed by atoms with E-state index in [1.807, 2.05) is 6.07 Å². The molecule has 1 N–H and O–H groups in total. The predicted molar refractivity (Wildman–Crippen MR) is 69.0 cm³/mol. The summed E-state index contributed by atoms with van der Waals surface area (Å²) in [6, 6.07) is 5.80. The zero-order valence-electron chi connectivity index (χ0n) is 10.2. The third kappa shape index (κ3) is 3.13. The Morgan fingerprint density at radius 2 is 1.94 bits per heavy atom. The molecule has 0 aliphatic carbocycles. The van der Waals surface area contributed by atoms with Crippen molar-refractivity contribution in [1.82, 2.24) is 4.90 Å². The molecule has 1 aromatic carbocycles. The second-order valence-corrected chi connectivity index (χ2v) is 4.53. The van der Waals surface area contributed by atoms with E-state index in [4.69, 9.17) is 11.6 Å². The number of rotatable bonds is 5. The van der Waals surface area contributed by atoms with Crippen molar-refractivity contribution < 1.29 is 5.11 Å². The first-order valence-electron chi connectivity index (χ1n) is 5.76. The monoisotopic (exact) mass is 241 g/mol. The average molecular weight is 242 g/mol. The molecule has 0 atom stereocenters. The summed E-state index contributed by atoms with van der Waals surface area (Å²) in [6.07, 6.45) is 2.22. The van der Waals surface area contributed by atoms with Crippen molar-refractivity contribution in [2.45, 2.75) is 39.3 Å². The first kappa shape index (κ1) is 13.3. The Balaban J connectivity index is 2.80. The van der Waals surface area contributed by atoms with Gasteiger partial charge in [0.2, 0.25) is 0 Å². The maximum Gasteiger partial charge on any atom is 0.121 e. The lowest BCUT2D eigenvalue weighted by Crippen LogP contribution is -2.30. The highest BCUT2D eigenvalue weighted by molar-refractivity contribution is 6.31. The SMILES string of the molecule is CCC(CC)N(C)Cc1c(O)cccc1Cl. The number of halogens is 1. The Hall–Kier alpha value is -0.730. The second kappa shape index (κ2) is 6.12. The van der Waals surface area contributed by atoms with Gasteiger partial charge in [0, 0.05) is 23.2 Å². The Bertz CT molecular complexity index is 316. The molecule has 0 saturated carbocycles. The first-order chi connectivity index (χ1) is 7.60. The van der Waals surface area contributed by atoms with Gasteiger partial charge in [0.05, 0.1) is 0 Å². The number of phenols is 1. The van der Waals surface area contributed by atoms with Crippen molar-refractivity contribution in [2.24, 2.45) is 0 Å². The fourth-order valence-corrected chi connectivity index (χ4v) is 2.22. The van der Waals surface area contributed by atoms with E-state index in [1.54, 1.807) is 12.1 Å². The summed E-state index contributed by atoms with van der Waals surface area (Å²) in [6.45, 7) is 5.05. The van der Waals surface area contributed by atoms with E-state index in [1.165, 1.54) is 0 Å². The van der Waals surface area contributed by atoms with Crippen molar-refractivity contribution in [3.05, 3.63) is 28.8 Å². The molecular weight excluding hydrogens is 222 g/mol. The molecule has 0 radical (unpaired) electrons. The fraction of sp³-hybridized carbons (Fsp3) is 0.538. The van der Waals surface area contributed by atoms with Crippen LogP contribution < -0.4 is 0 Å². The van der Waals surface area contributed by atoms with E-state index in [0.29, 0.717) is 17.6 Å². The predicted octanol–water partition coefficient (Wildman–Crippen LogP) is 3.67. The van der Waals surface area contributed by atoms with E-state index < -0.39 is 0 Å². The first-order valence-corrected chi connectivity index (χ1v) is 6.14. The lowest BCUT2D eigenvalue weighted by Gasteiger charge is -2.26. The van der Waals surface area contributed by atoms with Gasteiger partial charge in [-0.1, -0.05) is 31.5 Å². The zero-order valence-corrected chi connectivity index (χ0v) is 11.0. The molecular formula is C13H20ClNO. The normalized spacial score (nSPS) is 11.4. The highest BCUT2D eigenvalue weighted by Crippen LogP contribution is 2.27. The molecule has 3 heteroatoms. The van der Waals surface area contributed by atoms with Gasteiger partial charge >= 0.3 is 0 Å². The molecule has 90 valence electrons. The Labute approximate surface area is 103 Å². The molecule has 0 heterocycles. The van der Waals surface area contributed by atoms with Crippen LogP contribution in [-0.2, 0) is 6.54 Å². The smallest absolute Gasteiger partial charge is 0.121 e. The summed E-state index contributed by atoms with van der Waals surface area (Å²) >= 11 is 6.08. The van der Waals surface area contributed by atoms with Gasteiger partial charge in [-0.3, -0.25) is 4.90 Å². The molecule has 1 aromatic rings. The van der Waals surface area contributed by atoms with Gasteiger partial charge in [-0.15, -0.1) is 0 Å². The van der Waals surface area contributed by atoms with Crippen LogP contribution in [0.5, 0.6) is 5.75 Å². The molecule has 0 saturated heterocycles. The summed E-state index contributed by atoms with van der Waals surface area (Å²) in [7, 11) is 2.07. The standard InChI is InChI=1S/C13H20ClNO/c1-4-10(5-2)15(3)9-11-12(14)7-6-8-13(11)16/h6-8,10,16H,4-5,9H2,1-3H3. The number of hydrogen-bond acceptors (Lipinski definition) is 2. The highest BCUT2D eigenvalue weighted by Gasteiger charge is 2.14. The van der Waals surface area contributed by atoms with Gasteiger partial charge in [0.15, 0.2) is 0 Å². The molecule has 0 aromatic heterocycles. The van der Waals surface area contributed by atoms with Gasteiger partial charge in [0.1, 0.15) is 5.75 Å². The van der Waals surface area contributed by atoms with E-state index in [2.05, 4.69) is 25.8 Å². The van der Waals surface area contributed by atoms with Crippen LogP contribution in [0.2, 0.25) is 5.02 Å². The van der Waals surface area contributed by atoms with Gasteiger partial charge in [-0.05, 0) is 32.0 Å². The molecule has 0 spiro atoms. The molecule has 0 aliphatic rings. The Kier molecular flexibility index (Phi) is 5.10. The average Bonchev–Trinajstić information content (AvgIpc) is 2.25. The summed E-state index contributed by atoms with van der Waals surface area (Å²) in [5.41, 5.74) is 0.818. The summed E-state index contributed by atoms with van der Waals surface area (Å²) < 4.78 is 0. The molecule has 0 bridgehead atoms. The number of benzene rings is 1. The van der Waals surface area contributed by atoms with Crippen molar-refractivity contribution in [2.75, 3.05) is 7.05 Å². The van der Waals surface area contributed by atoms with E-state index in [9.17, 15) is 5.11 Å². The number of nitrogens with zero attached hydrogens (tertiary/aromatic N) is 1. The van der Waals surface area contributed by atoms with Gasteiger partial charge in [0.25, 0.3) is 0 Å². The molecule has 1 rings (SSSR count). The minimum atomic E-state index is 0.283. The summed E-state index contributed by atoms with van der Waals surface area (Å²) in [5.74, 6) is 0.283. The quantitative estimate of drug-likeness (QED) is 0.851. The van der Waals surface area contributed by atoms with Crippen molar-refractivity contribution in [3.8, 4) is 5.75 Å². The lowest BCUT2D eigenvalue weighted by molar-refractivity contribution is 0.219. The maximum absolute atomic E-state index is 9.76. The van der Waals surface area contributed by atoms with Gasteiger partial charge < -0.3 is 5.11 Å². The van der Waals surface area contributed by atoms with Crippen molar-refractivity contribution >= 4 is 11.6 Å². The Morgan fingerprint density at radius 3 is 2.44 bits per heavy atom. The molecule has 16 heavy (non-hydrogen) atoms. The van der Waals surface area contributed by atoms with Crippen LogP contribution in [0.1, 0.15) is 32.3 Å². The summed E-state index contributed by atoms with van der Waals surface area (Å²) in [4.78, 5) is 2.24. The molecule has 0 fully saturated rings. The highest BCUT2D eigenvalue weighted by atomic mass is 35.5. The van der Waals surface area contributed by atoms with Crippen LogP contribution in [-0.4, -0.2) is 23.1 Å². The topological polar surface area (TPSA) is 23.5 Å². The van der Waals surface area contributed by atoms with Gasteiger partial charge in [-0.25, -0.2) is 0 Å².